The largest absolute Gasteiger partial charge is 0.354 e. The Bertz CT molecular complexity index is 1120. The minimum atomic E-state index is -0.951. The van der Waals surface area contributed by atoms with Crippen LogP contribution in [0.1, 0.15) is 49.8 Å². The maximum absolute atomic E-state index is 13.5. The van der Waals surface area contributed by atoms with E-state index in [1.807, 2.05) is 0 Å². The number of hydrogen-bond donors (Lipinski definition) is 2. The highest BCUT2D eigenvalue weighted by molar-refractivity contribution is 7.16. The summed E-state index contributed by atoms with van der Waals surface area (Å²) in [4.78, 5) is 33.1. The summed E-state index contributed by atoms with van der Waals surface area (Å²) in [7, 11) is 0. The molecule has 0 saturated carbocycles. The van der Waals surface area contributed by atoms with Crippen molar-refractivity contribution in [2.75, 3.05) is 5.32 Å². The van der Waals surface area contributed by atoms with Crippen molar-refractivity contribution in [3.63, 3.8) is 0 Å². The van der Waals surface area contributed by atoms with Gasteiger partial charge in [-0.25, -0.2) is 13.8 Å². The molecule has 0 aliphatic heterocycles. The van der Waals surface area contributed by atoms with E-state index in [-0.39, 0.29) is 11.7 Å². The third kappa shape index (κ3) is 3.13. The van der Waals surface area contributed by atoms with Gasteiger partial charge in [-0.3, -0.25) is 14.9 Å². The van der Waals surface area contributed by atoms with E-state index in [1.165, 1.54) is 17.4 Å². The summed E-state index contributed by atoms with van der Waals surface area (Å²) in [5, 5.41) is 3.09. The molecule has 1 aromatic carbocycles. The Morgan fingerprint density at radius 3 is 2.71 bits per heavy atom. The van der Waals surface area contributed by atoms with Gasteiger partial charge in [-0.1, -0.05) is 0 Å². The van der Waals surface area contributed by atoms with E-state index in [1.54, 1.807) is 13.8 Å². The number of nitrogens with one attached hydrogen (secondary N) is 2. The first-order chi connectivity index (χ1) is 13.3. The zero-order valence-corrected chi connectivity index (χ0v) is 16.1. The predicted molar refractivity (Wildman–Crippen MR) is 103 cm³/mol. The maximum Gasteiger partial charge on any atom is 0.274 e. The second-order valence-corrected chi connectivity index (χ2v) is 7.97. The summed E-state index contributed by atoms with van der Waals surface area (Å²) in [6.07, 6.45) is 2.01. The Balaban J connectivity index is 1.61. The zero-order valence-electron chi connectivity index (χ0n) is 15.3. The van der Waals surface area contributed by atoms with Crippen molar-refractivity contribution < 1.29 is 18.4 Å². The summed E-state index contributed by atoms with van der Waals surface area (Å²) in [6, 6.07) is 3.57. The van der Waals surface area contributed by atoms with Gasteiger partial charge in [-0.2, -0.15) is 0 Å². The molecule has 0 atom stereocenters. The van der Waals surface area contributed by atoms with Crippen molar-refractivity contribution in [1.29, 1.82) is 0 Å². The van der Waals surface area contributed by atoms with Gasteiger partial charge in [0.2, 0.25) is 0 Å². The van der Waals surface area contributed by atoms with Gasteiger partial charge in [0.15, 0.2) is 22.5 Å². The van der Waals surface area contributed by atoms with Gasteiger partial charge in [0.1, 0.15) is 5.69 Å². The summed E-state index contributed by atoms with van der Waals surface area (Å²) < 4.78 is 26.7. The lowest BCUT2D eigenvalue weighted by Crippen LogP contribution is -2.13. The van der Waals surface area contributed by atoms with E-state index in [0.29, 0.717) is 39.6 Å². The molecule has 0 unspecified atom stereocenters. The molecule has 0 radical (unpaired) electrons. The van der Waals surface area contributed by atoms with Crippen molar-refractivity contribution in [1.82, 2.24) is 9.97 Å². The second kappa shape index (κ2) is 6.94. The zero-order chi connectivity index (χ0) is 20.0. The van der Waals surface area contributed by atoms with Crippen molar-refractivity contribution in [3.8, 4) is 11.3 Å². The Labute approximate surface area is 163 Å². The van der Waals surface area contributed by atoms with Gasteiger partial charge in [-0.15, -0.1) is 11.3 Å². The maximum atomic E-state index is 13.5. The molecule has 0 saturated heterocycles. The average Bonchev–Trinajstić information content (AvgIpc) is 3.18. The van der Waals surface area contributed by atoms with Crippen LogP contribution in [0.2, 0.25) is 0 Å². The molecule has 0 bridgehead atoms. The van der Waals surface area contributed by atoms with Gasteiger partial charge < -0.3 is 4.98 Å². The third-order valence-corrected chi connectivity index (χ3v) is 5.76. The summed E-state index contributed by atoms with van der Waals surface area (Å²) in [5.74, 6) is -2.20. The van der Waals surface area contributed by atoms with E-state index in [2.05, 4.69) is 15.3 Å². The van der Waals surface area contributed by atoms with Crippen molar-refractivity contribution in [3.05, 3.63) is 57.2 Å². The number of nitrogens with zero attached hydrogens (tertiary/aromatic N) is 1. The predicted octanol–water partition coefficient (Wildman–Crippen LogP) is 4.80. The first kappa shape index (κ1) is 18.5. The fourth-order valence-corrected chi connectivity index (χ4v) is 4.35. The molecule has 2 aromatic heterocycles. The van der Waals surface area contributed by atoms with E-state index in [4.69, 9.17) is 0 Å². The van der Waals surface area contributed by atoms with Crippen LogP contribution in [0.3, 0.4) is 0 Å². The van der Waals surface area contributed by atoms with Crippen LogP contribution in [-0.2, 0) is 6.42 Å². The first-order valence-corrected chi connectivity index (χ1v) is 9.65. The SMILES string of the molecule is Cc1sc(NC(=O)c2[nH]c3c(c2C)C(=O)CCC3)nc1-c1ccc(F)c(F)c1. The molecule has 5 nitrogen and oxygen atoms in total. The molecule has 28 heavy (non-hydrogen) atoms. The van der Waals surface area contributed by atoms with Crippen LogP contribution in [0.4, 0.5) is 13.9 Å². The van der Waals surface area contributed by atoms with E-state index in [0.717, 1.165) is 35.5 Å². The van der Waals surface area contributed by atoms with Crippen LogP contribution in [0.25, 0.3) is 11.3 Å². The number of anilines is 1. The van der Waals surface area contributed by atoms with Crippen LogP contribution >= 0.6 is 11.3 Å². The molecular weight excluding hydrogens is 384 g/mol. The molecule has 2 N–H and O–H groups in total. The van der Waals surface area contributed by atoms with E-state index < -0.39 is 11.6 Å². The molecule has 1 amide bonds. The smallest absolute Gasteiger partial charge is 0.274 e. The highest BCUT2D eigenvalue weighted by Gasteiger charge is 2.26. The van der Waals surface area contributed by atoms with Gasteiger partial charge in [-0.05, 0) is 50.5 Å². The Morgan fingerprint density at radius 1 is 1.21 bits per heavy atom. The Morgan fingerprint density at radius 2 is 2.00 bits per heavy atom. The lowest BCUT2D eigenvalue weighted by molar-refractivity contribution is 0.0971. The summed E-state index contributed by atoms with van der Waals surface area (Å²) >= 11 is 1.24. The number of halogens is 2. The quantitative estimate of drug-likeness (QED) is 0.662. The fourth-order valence-electron chi connectivity index (χ4n) is 3.52. The fraction of sp³-hybridized carbons (Fsp3) is 0.250. The number of aryl methyl sites for hydroxylation is 2. The lowest BCUT2D eigenvalue weighted by atomic mass is 9.94. The topological polar surface area (TPSA) is 74.8 Å². The van der Waals surface area contributed by atoms with Crippen molar-refractivity contribution in [2.45, 2.75) is 33.1 Å². The number of carbonyl (C=O) groups excluding carboxylic acids is 2. The van der Waals surface area contributed by atoms with Gasteiger partial charge in [0.25, 0.3) is 5.91 Å². The van der Waals surface area contributed by atoms with E-state index in [9.17, 15) is 18.4 Å². The van der Waals surface area contributed by atoms with E-state index >= 15 is 0 Å². The first-order valence-electron chi connectivity index (χ1n) is 8.84. The number of rotatable bonds is 3. The average molecular weight is 401 g/mol. The van der Waals surface area contributed by atoms with Crippen LogP contribution in [0, 0.1) is 25.5 Å². The number of amides is 1. The normalized spacial score (nSPS) is 13.5. The molecule has 0 fully saturated rings. The Hall–Kier alpha value is -2.87. The lowest BCUT2D eigenvalue weighted by Gasteiger charge is -2.09. The molecule has 2 heterocycles. The highest BCUT2D eigenvalue weighted by Crippen LogP contribution is 2.32. The monoisotopic (exact) mass is 401 g/mol. The highest BCUT2D eigenvalue weighted by atomic mass is 32.1. The molecule has 144 valence electrons. The third-order valence-electron chi connectivity index (χ3n) is 4.87. The summed E-state index contributed by atoms with van der Waals surface area (Å²) in [5.41, 5.74) is 3.34. The van der Waals surface area contributed by atoms with Crippen molar-refractivity contribution >= 4 is 28.2 Å². The summed E-state index contributed by atoms with van der Waals surface area (Å²) in [6.45, 7) is 3.55. The number of thiazole rings is 1. The number of Topliss-reactive ketones (excluding diaryl/α,β-unsaturated/α-hetero) is 1. The Kier molecular flexibility index (Phi) is 4.58. The number of hydrogen-bond acceptors (Lipinski definition) is 4. The minimum Gasteiger partial charge on any atom is -0.354 e. The van der Waals surface area contributed by atoms with Gasteiger partial charge >= 0.3 is 0 Å². The minimum absolute atomic E-state index is 0.0553. The molecule has 0 spiro atoms. The van der Waals surface area contributed by atoms with Crippen LogP contribution in [0.15, 0.2) is 18.2 Å². The molecule has 1 aliphatic carbocycles. The van der Waals surface area contributed by atoms with Gasteiger partial charge in [0.05, 0.1) is 5.69 Å². The second-order valence-electron chi connectivity index (χ2n) is 6.76. The molecule has 3 aromatic rings. The van der Waals surface area contributed by atoms with Crippen LogP contribution in [-0.4, -0.2) is 21.7 Å². The number of aromatic nitrogens is 2. The van der Waals surface area contributed by atoms with Crippen LogP contribution < -0.4 is 5.32 Å². The molecular formula is C20H17F2N3O2S. The number of ketones is 1. The number of carbonyl (C=O) groups is 2. The van der Waals surface area contributed by atoms with Gasteiger partial charge in [0, 0.05) is 28.1 Å². The standard InChI is InChI=1S/C20H17F2N3O2S/c1-9-16-14(4-3-5-15(16)26)23-17(9)19(27)25-20-24-18(10(2)28-20)11-6-7-12(21)13(22)8-11/h6-8,23H,3-5H2,1-2H3,(H,24,25,27). The number of fused-ring (bicyclic) bond motifs is 1. The van der Waals surface area contributed by atoms with Crippen LogP contribution in [0.5, 0.6) is 0 Å². The van der Waals surface area contributed by atoms with Crippen molar-refractivity contribution in [2.24, 2.45) is 0 Å². The number of benzene rings is 1. The molecule has 8 heteroatoms. The molecule has 1 aliphatic rings. The number of aromatic amines is 1. The number of H-pyrrole nitrogens is 1. The molecule has 4 rings (SSSR count).